The fourth-order valence-corrected chi connectivity index (χ4v) is 4.25. The summed E-state index contributed by atoms with van der Waals surface area (Å²) < 4.78 is 13.4. The van der Waals surface area contributed by atoms with Crippen molar-refractivity contribution in [3.05, 3.63) is 107 Å². The summed E-state index contributed by atoms with van der Waals surface area (Å²) in [6.07, 6.45) is 3.79. The topological polar surface area (TPSA) is 57.6 Å². The summed E-state index contributed by atoms with van der Waals surface area (Å²) in [6.45, 7) is 0. The van der Waals surface area contributed by atoms with Crippen molar-refractivity contribution in [1.29, 1.82) is 0 Å². The molecule has 2 atom stereocenters. The van der Waals surface area contributed by atoms with Crippen molar-refractivity contribution in [3.8, 4) is 0 Å². The minimum Gasteiger partial charge on any atom is -0.478 e. The van der Waals surface area contributed by atoms with Crippen molar-refractivity contribution in [2.75, 3.05) is 4.90 Å². The Bertz CT molecular complexity index is 1110. The van der Waals surface area contributed by atoms with Gasteiger partial charge in [0.1, 0.15) is 5.82 Å². The maximum atomic E-state index is 13.4. The first-order valence-corrected chi connectivity index (χ1v) is 10.7. The molecular weight excluding hydrogens is 405 g/mol. The molecule has 0 saturated carbocycles. The van der Waals surface area contributed by atoms with Gasteiger partial charge in [0, 0.05) is 5.69 Å². The Morgan fingerprint density at radius 1 is 0.938 bits per heavy atom. The zero-order chi connectivity index (χ0) is 22.5. The van der Waals surface area contributed by atoms with Crippen LogP contribution in [0.1, 0.15) is 24.0 Å². The number of carboxylic acid groups (broad SMARTS) is 1. The molecule has 0 aromatic heterocycles. The third kappa shape index (κ3) is 4.62. The summed E-state index contributed by atoms with van der Waals surface area (Å²) in [5.41, 5.74) is 2.60. The molecule has 4 rings (SSSR count). The summed E-state index contributed by atoms with van der Waals surface area (Å²) in [4.78, 5) is 26.8. The lowest BCUT2D eigenvalue weighted by molar-refractivity contribution is -0.135. The summed E-state index contributed by atoms with van der Waals surface area (Å²) >= 11 is 0. The van der Waals surface area contributed by atoms with E-state index in [4.69, 9.17) is 0 Å². The van der Waals surface area contributed by atoms with E-state index in [1.165, 1.54) is 34.7 Å². The highest BCUT2D eigenvalue weighted by atomic mass is 19.1. The largest absolute Gasteiger partial charge is 0.478 e. The lowest BCUT2D eigenvalue weighted by Crippen LogP contribution is -2.63. The Morgan fingerprint density at radius 3 is 2.19 bits per heavy atom. The summed E-state index contributed by atoms with van der Waals surface area (Å²) in [6, 6.07) is 24.2. The predicted molar refractivity (Wildman–Crippen MR) is 123 cm³/mol. The van der Waals surface area contributed by atoms with E-state index in [1.54, 1.807) is 6.08 Å². The number of nitrogens with zero attached hydrogens (tertiary/aromatic N) is 1. The van der Waals surface area contributed by atoms with Crippen LogP contribution in [0.5, 0.6) is 0 Å². The first kappa shape index (κ1) is 21.5. The number of hydrogen-bond donors (Lipinski definition) is 1. The average molecular weight is 429 g/mol. The lowest BCUT2D eigenvalue weighted by Gasteiger charge is -2.47. The quantitative estimate of drug-likeness (QED) is 0.388. The number of hydrogen-bond acceptors (Lipinski definition) is 2. The normalized spacial score (nSPS) is 18.3. The molecule has 3 aromatic rings. The summed E-state index contributed by atoms with van der Waals surface area (Å²) in [7, 11) is 0. The molecule has 0 bridgehead atoms. The zero-order valence-electron chi connectivity index (χ0n) is 17.5. The van der Waals surface area contributed by atoms with E-state index in [9.17, 15) is 19.1 Å². The number of rotatable bonds is 8. The van der Waals surface area contributed by atoms with Gasteiger partial charge < -0.3 is 10.0 Å². The Balaban J connectivity index is 1.62. The number of carboxylic acids is 1. The summed E-state index contributed by atoms with van der Waals surface area (Å²) in [5.74, 6) is -2.03. The van der Waals surface area contributed by atoms with Crippen molar-refractivity contribution in [3.63, 3.8) is 0 Å². The minimum absolute atomic E-state index is 0.130. The van der Waals surface area contributed by atoms with E-state index in [-0.39, 0.29) is 11.5 Å². The van der Waals surface area contributed by atoms with Crippen molar-refractivity contribution >= 4 is 23.6 Å². The van der Waals surface area contributed by atoms with Crippen LogP contribution >= 0.6 is 0 Å². The summed E-state index contributed by atoms with van der Waals surface area (Å²) in [5, 5.41) is 10.0. The Hall–Kier alpha value is -3.73. The molecule has 2 unspecified atom stereocenters. The van der Waals surface area contributed by atoms with Crippen molar-refractivity contribution < 1.29 is 19.1 Å². The van der Waals surface area contributed by atoms with Gasteiger partial charge in [0.15, 0.2) is 0 Å². The standard InChI is InChI=1S/C27H24FNO3/c28-21-14-16-22(17-15-21)29-25(24(27(31)32)18-20-10-5-2-6-11-20)23(26(29)30)13-7-12-19-8-3-1-4-9-19/h1-6,8-11,14-18,23,25H,7,12-13H2,(H,31,32)/b24-18+. The van der Waals surface area contributed by atoms with E-state index in [1.807, 2.05) is 60.7 Å². The van der Waals surface area contributed by atoms with Crippen LogP contribution in [-0.2, 0) is 16.0 Å². The van der Waals surface area contributed by atoms with E-state index >= 15 is 0 Å². The molecule has 1 aliphatic rings. The van der Waals surface area contributed by atoms with Crippen LogP contribution in [0.15, 0.2) is 90.5 Å². The minimum atomic E-state index is -1.06. The smallest absolute Gasteiger partial charge is 0.333 e. The number of benzene rings is 3. The fraction of sp³-hybridized carbons (Fsp3) is 0.185. The molecule has 0 aliphatic carbocycles. The molecule has 162 valence electrons. The second-order valence-electron chi connectivity index (χ2n) is 7.93. The van der Waals surface area contributed by atoms with E-state index in [2.05, 4.69) is 0 Å². The maximum Gasteiger partial charge on any atom is 0.333 e. The molecule has 5 heteroatoms. The number of aryl methyl sites for hydroxylation is 1. The van der Waals surface area contributed by atoms with Gasteiger partial charge in [-0.15, -0.1) is 0 Å². The molecule has 32 heavy (non-hydrogen) atoms. The maximum absolute atomic E-state index is 13.4. The zero-order valence-corrected chi connectivity index (χ0v) is 17.5. The van der Waals surface area contributed by atoms with Gasteiger partial charge >= 0.3 is 5.97 Å². The number of aliphatic carboxylic acids is 1. The molecule has 1 aliphatic heterocycles. The van der Waals surface area contributed by atoms with Crippen LogP contribution in [0.3, 0.4) is 0 Å². The molecule has 1 N–H and O–H groups in total. The average Bonchev–Trinajstić information content (AvgIpc) is 2.81. The second kappa shape index (κ2) is 9.60. The molecule has 4 nitrogen and oxygen atoms in total. The number of anilines is 1. The van der Waals surface area contributed by atoms with Gasteiger partial charge in [-0.25, -0.2) is 9.18 Å². The van der Waals surface area contributed by atoms with Crippen LogP contribution in [0.4, 0.5) is 10.1 Å². The SMILES string of the molecule is O=C(O)/C(=C/c1ccccc1)C1C(CCCc2ccccc2)C(=O)N1c1ccc(F)cc1. The van der Waals surface area contributed by atoms with Gasteiger partial charge in [-0.2, -0.15) is 0 Å². The Labute approximate surface area is 186 Å². The number of carbonyl (C=O) groups is 2. The molecule has 1 saturated heterocycles. The first-order valence-electron chi connectivity index (χ1n) is 10.7. The Kier molecular flexibility index (Phi) is 6.45. The van der Waals surface area contributed by atoms with E-state index < -0.39 is 23.7 Å². The highest BCUT2D eigenvalue weighted by Crippen LogP contribution is 2.40. The van der Waals surface area contributed by atoms with E-state index in [0.717, 1.165) is 18.4 Å². The van der Waals surface area contributed by atoms with Crippen molar-refractivity contribution in [2.24, 2.45) is 5.92 Å². The van der Waals surface area contributed by atoms with Crippen molar-refractivity contribution in [1.82, 2.24) is 0 Å². The molecule has 0 spiro atoms. The van der Waals surface area contributed by atoms with Crippen LogP contribution in [0.2, 0.25) is 0 Å². The monoisotopic (exact) mass is 429 g/mol. The van der Waals surface area contributed by atoms with E-state index in [0.29, 0.717) is 12.1 Å². The number of carbonyl (C=O) groups excluding carboxylic acids is 1. The van der Waals surface area contributed by atoms with Gasteiger partial charge in [0.2, 0.25) is 5.91 Å². The molecule has 1 heterocycles. The molecule has 0 radical (unpaired) electrons. The second-order valence-corrected chi connectivity index (χ2v) is 7.93. The molecule has 1 fully saturated rings. The van der Waals surface area contributed by atoms with Gasteiger partial charge in [-0.05, 0) is 60.7 Å². The van der Waals surface area contributed by atoms with Gasteiger partial charge in [0.05, 0.1) is 17.5 Å². The lowest BCUT2D eigenvalue weighted by atomic mass is 9.77. The highest BCUT2D eigenvalue weighted by Gasteiger charge is 2.50. The highest BCUT2D eigenvalue weighted by molar-refractivity contribution is 6.09. The van der Waals surface area contributed by atoms with Crippen LogP contribution < -0.4 is 4.90 Å². The van der Waals surface area contributed by atoms with Gasteiger partial charge in [-0.1, -0.05) is 60.7 Å². The number of halogens is 1. The Morgan fingerprint density at radius 2 is 1.56 bits per heavy atom. The van der Waals surface area contributed by atoms with Crippen LogP contribution in [0.25, 0.3) is 6.08 Å². The molecule has 3 aromatic carbocycles. The van der Waals surface area contributed by atoms with Gasteiger partial charge in [0.25, 0.3) is 0 Å². The number of β-lactam (4-membered cyclic amide) rings is 1. The number of amides is 1. The first-order chi connectivity index (χ1) is 15.5. The van der Waals surface area contributed by atoms with Gasteiger partial charge in [-0.3, -0.25) is 4.79 Å². The predicted octanol–water partition coefficient (Wildman–Crippen LogP) is 5.35. The molecular formula is C27H24FNO3. The third-order valence-corrected chi connectivity index (χ3v) is 5.83. The molecule has 1 amide bonds. The van der Waals surface area contributed by atoms with Crippen molar-refractivity contribution in [2.45, 2.75) is 25.3 Å². The van der Waals surface area contributed by atoms with Crippen LogP contribution in [-0.4, -0.2) is 23.0 Å². The third-order valence-electron chi connectivity index (χ3n) is 5.83. The fourth-order valence-electron chi connectivity index (χ4n) is 4.25. The van der Waals surface area contributed by atoms with Crippen LogP contribution in [0, 0.1) is 11.7 Å².